The Labute approximate surface area is 119 Å². The summed E-state index contributed by atoms with van der Waals surface area (Å²) in [6.07, 6.45) is 1.13. The van der Waals surface area contributed by atoms with Crippen LogP contribution in [0.4, 0.5) is 5.95 Å². The number of aromatic amines is 1. The first-order valence-corrected chi connectivity index (χ1v) is 7.20. The Hall–Kier alpha value is -1.88. The van der Waals surface area contributed by atoms with Crippen molar-refractivity contribution in [2.45, 2.75) is 20.3 Å². The fourth-order valence-corrected chi connectivity index (χ4v) is 2.57. The van der Waals surface area contributed by atoms with E-state index >= 15 is 0 Å². The zero-order valence-electron chi connectivity index (χ0n) is 12.1. The van der Waals surface area contributed by atoms with Crippen LogP contribution < -0.4 is 10.2 Å². The zero-order valence-corrected chi connectivity index (χ0v) is 12.1. The van der Waals surface area contributed by atoms with Crippen LogP contribution in [0, 0.1) is 13.8 Å². The second-order valence-electron chi connectivity index (χ2n) is 5.32. The quantitative estimate of drug-likeness (QED) is 0.876. The van der Waals surface area contributed by atoms with Gasteiger partial charge in [0.1, 0.15) is 0 Å². The molecule has 2 aromatic rings. The summed E-state index contributed by atoms with van der Waals surface area (Å²) < 4.78 is 0. The predicted octanol–water partition coefficient (Wildman–Crippen LogP) is 1.89. The van der Waals surface area contributed by atoms with Crippen LogP contribution in [-0.2, 0) is 0 Å². The number of aromatic nitrogens is 3. The van der Waals surface area contributed by atoms with Gasteiger partial charge in [0, 0.05) is 25.2 Å². The van der Waals surface area contributed by atoms with Gasteiger partial charge in [0.15, 0.2) is 5.82 Å². The van der Waals surface area contributed by atoms with Crippen LogP contribution in [0.15, 0.2) is 18.2 Å². The molecule has 0 atom stereocenters. The molecule has 5 heteroatoms. The van der Waals surface area contributed by atoms with E-state index in [1.165, 1.54) is 11.1 Å². The Kier molecular flexibility index (Phi) is 3.69. The predicted molar refractivity (Wildman–Crippen MR) is 81.0 cm³/mol. The number of H-pyrrole nitrogens is 1. The Bertz CT molecular complexity index is 582. The highest BCUT2D eigenvalue weighted by molar-refractivity contribution is 5.62. The van der Waals surface area contributed by atoms with Crippen LogP contribution in [0.5, 0.6) is 0 Å². The van der Waals surface area contributed by atoms with Gasteiger partial charge in [0.2, 0.25) is 5.95 Å². The van der Waals surface area contributed by atoms with Crippen molar-refractivity contribution in [1.29, 1.82) is 0 Å². The number of hydrogen-bond donors (Lipinski definition) is 2. The molecule has 1 aromatic heterocycles. The lowest BCUT2D eigenvalue weighted by Crippen LogP contribution is -2.28. The van der Waals surface area contributed by atoms with Gasteiger partial charge in [-0.1, -0.05) is 18.2 Å². The molecule has 2 heterocycles. The average molecular weight is 271 g/mol. The SMILES string of the molecule is Cc1cccc(-c2nc(N3CCCNCC3)n[nH]2)c1C. The standard InChI is InChI=1S/C15H21N5/c1-11-5-3-6-13(12(11)2)14-17-15(19-18-14)20-9-4-7-16-8-10-20/h3,5-6,16H,4,7-10H2,1-2H3,(H,17,18,19). The lowest BCUT2D eigenvalue weighted by atomic mass is 10.0. The highest BCUT2D eigenvalue weighted by Crippen LogP contribution is 2.23. The van der Waals surface area contributed by atoms with E-state index in [-0.39, 0.29) is 0 Å². The Morgan fingerprint density at radius 1 is 1.15 bits per heavy atom. The first-order chi connectivity index (χ1) is 9.75. The van der Waals surface area contributed by atoms with Gasteiger partial charge < -0.3 is 10.2 Å². The van der Waals surface area contributed by atoms with Crippen molar-refractivity contribution in [3.05, 3.63) is 29.3 Å². The Morgan fingerprint density at radius 2 is 2.05 bits per heavy atom. The average Bonchev–Trinajstić information content (AvgIpc) is 2.77. The summed E-state index contributed by atoms with van der Waals surface area (Å²) in [6.45, 7) is 8.29. The summed E-state index contributed by atoms with van der Waals surface area (Å²) >= 11 is 0. The normalized spacial score (nSPS) is 16.2. The summed E-state index contributed by atoms with van der Waals surface area (Å²) in [5, 5.41) is 10.9. The first kappa shape index (κ1) is 13.1. The molecule has 0 bridgehead atoms. The molecule has 0 radical (unpaired) electrons. The zero-order chi connectivity index (χ0) is 13.9. The molecular formula is C15H21N5. The molecule has 5 nitrogen and oxygen atoms in total. The van der Waals surface area contributed by atoms with E-state index in [2.05, 4.69) is 57.4 Å². The molecule has 1 fully saturated rings. The smallest absolute Gasteiger partial charge is 0.245 e. The van der Waals surface area contributed by atoms with Gasteiger partial charge in [-0.25, -0.2) is 0 Å². The molecule has 1 aromatic carbocycles. The van der Waals surface area contributed by atoms with E-state index in [0.29, 0.717) is 0 Å². The number of nitrogens with zero attached hydrogens (tertiary/aromatic N) is 3. The summed E-state index contributed by atoms with van der Waals surface area (Å²) in [6, 6.07) is 6.28. The van der Waals surface area contributed by atoms with Crippen molar-refractivity contribution in [1.82, 2.24) is 20.5 Å². The van der Waals surface area contributed by atoms with Crippen molar-refractivity contribution in [2.75, 3.05) is 31.1 Å². The molecule has 0 aliphatic carbocycles. The third-order valence-electron chi connectivity index (χ3n) is 3.96. The maximum absolute atomic E-state index is 4.68. The largest absolute Gasteiger partial charge is 0.338 e. The second-order valence-corrected chi connectivity index (χ2v) is 5.32. The molecule has 0 spiro atoms. The Balaban J connectivity index is 1.87. The number of rotatable bonds is 2. The summed E-state index contributed by atoms with van der Waals surface area (Å²) in [4.78, 5) is 6.92. The summed E-state index contributed by atoms with van der Waals surface area (Å²) in [7, 11) is 0. The van der Waals surface area contributed by atoms with Crippen LogP contribution in [0.25, 0.3) is 11.4 Å². The number of aryl methyl sites for hydroxylation is 1. The van der Waals surface area contributed by atoms with Crippen molar-refractivity contribution >= 4 is 5.95 Å². The minimum atomic E-state index is 0.810. The third kappa shape index (κ3) is 2.54. The topological polar surface area (TPSA) is 56.8 Å². The fraction of sp³-hybridized carbons (Fsp3) is 0.467. The lowest BCUT2D eigenvalue weighted by Gasteiger charge is -2.16. The maximum Gasteiger partial charge on any atom is 0.245 e. The minimum Gasteiger partial charge on any atom is -0.338 e. The van der Waals surface area contributed by atoms with Crippen LogP contribution in [0.3, 0.4) is 0 Å². The van der Waals surface area contributed by atoms with E-state index in [9.17, 15) is 0 Å². The molecule has 20 heavy (non-hydrogen) atoms. The molecule has 3 rings (SSSR count). The van der Waals surface area contributed by atoms with Gasteiger partial charge in [-0.15, -0.1) is 5.10 Å². The monoisotopic (exact) mass is 271 g/mol. The first-order valence-electron chi connectivity index (χ1n) is 7.20. The van der Waals surface area contributed by atoms with Gasteiger partial charge in [-0.3, -0.25) is 5.10 Å². The third-order valence-corrected chi connectivity index (χ3v) is 3.96. The molecule has 2 N–H and O–H groups in total. The molecule has 1 aliphatic heterocycles. The van der Waals surface area contributed by atoms with Crippen molar-refractivity contribution in [2.24, 2.45) is 0 Å². The molecule has 106 valence electrons. The van der Waals surface area contributed by atoms with Crippen LogP contribution >= 0.6 is 0 Å². The number of anilines is 1. The van der Waals surface area contributed by atoms with E-state index in [1.807, 2.05) is 0 Å². The van der Waals surface area contributed by atoms with Gasteiger partial charge in [-0.05, 0) is 37.9 Å². The minimum absolute atomic E-state index is 0.810. The van der Waals surface area contributed by atoms with Gasteiger partial charge in [0.25, 0.3) is 0 Å². The molecule has 1 saturated heterocycles. The second kappa shape index (κ2) is 5.63. The number of nitrogens with one attached hydrogen (secondary N) is 2. The van der Waals surface area contributed by atoms with E-state index < -0.39 is 0 Å². The maximum atomic E-state index is 4.68. The summed E-state index contributed by atoms with van der Waals surface area (Å²) in [5.74, 6) is 1.67. The van der Waals surface area contributed by atoms with E-state index in [0.717, 1.165) is 49.9 Å². The van der Waals surface area contributed by atoms with Crippen molar-refractivity contribution < 1.29 is 0 Å². The lowest BCUT2D eigenvalue weighted by molar-refractivity contribution is 0.724. The van der Waals surface area contributed by atoms with E-state index in [1.54, 1.807) is 0 Å². The molecule has 0 amide bonds. The van der Waals surface area contributed by atoms with Crippen LogP contribution in [-0.4, -0.2) is 41.4 Å². The van der Waals surface area contributed by atoms with E-state index in [4.69, 9.17) is 0 Å². The van der Waals surface area contributed by atoms with Crippen molar-refractivity contribution in [3.8, 4) is 11.4 Å². The van der Waals surface area contributed by atoms with Gasteiger partial charge >= 0.3 is 0 Å². The molecular weight excluding hydrogens is 250 g/mol. The summed E-state index contributed by atoms with van der Waals surface area (Å²) in [5.41, 5.74) is 3.67. The number of benzene rings is 1. The van der Waals surface area contributed by atoms with Crippen LogP contribution in [0.1, 0.15) is 17.5 Å². The van der Waals surface area contributed by atoms with Gasteiger partial charge in [-0.2, -0.15) is 4.98 Å². The highest BCUT2D eigenvalue weighted by Gasteiger charge is 2.15. The highest BCUT2D eigenvalue weighted by atomic mass is 15.4. The van der Waals surface area contributed by atoms with Crippen LogP contribution in [0.2, 0.25) is 0 Å². The molecule has 1 aliphatic rings. The molecule has 0 unspecified atom stereocenters. The Morgan fingerprint density at radius 3 is 2.95 bits per heavy atom. The van der Waals surface area contributed by atoms with Gasteiger partial charge in [0.05, 0.1) is 0 Å². The number of hydrogen-bond acceptors (Lipinski definition) is 4. The fourth-order valence-electron chi connectivity index (χ4n) is 2.57. The van der Waals surface area contributed by atoms with Crippen molar-refractivity contribution in [3.63, 3.8) is 0 Å². The molecule has 0 saturated carbocycles.